The molecule has 0 unspecified atom stereocenters. The molecule has 4 N–H and O–H groups in total. The summed E-state index contributed by atoms with van der Waals surface area (Å²) in [5.74, 6) is -1.18. The van der Waals surface area contributed by atoms with Crippen LogP contribution in [0.5, 0.6) is 34.5 Å². The van der Waals surface area contributed by atoms with Crippen LogP contribution in [0, 0.1) is 5.92 Å². The fraction of sp³-hybridized carbons (Fsp3) is 0.225. The number of aliphatic hydroxyl groups is 1. The van der Waals surface area contributed by atoms with E-state index in [1.807, 2.05) is 42.5 Å². The van der Waals surface area contributed by atoms with Crippen molar-refractivity contribution < 1.29 is 39.4 Å². The Morgan fingerprint density at radius 2 is 1.62 bits per heavy atom. The molecular weight excluding hydrogens is 608 g/mol. The Bertz CT molecular complexity index is 2020. The zero-order valence-corrected chi connectivity index (χ0v) is 26.7. The van der Waals surface area contributed by atoms with Crippen LogP contribution < -0.4 is 14.2 Å². The molecule has 6 bridgehead atoms. The highest BCUT2D eigenvalue weighted by molar-refractivity contribution is 6.04. The van der Waals surface area contributed by atoms with Crippen LogP contribution in [0.1, 0.15) is 47.4 Å². The van der Waals surface area contributed by atoms with Gasteiger partial charge in [-0.25, -0.2) is 0 Å². The molecule has 1 aliphatic heterocycles. The van der Waals surface area contributed by atoms with E-state index < -0.39 is 17.6 Å². The van der Waals surface area contributed by atoms with Crippen molar-refractivity contribution in [3.8, 4) is 45.6 Å². The monoisotopic (exact) mass is 644 g/mol. The molecule has 0 saturated carbocycles. The lowest BCUT2D eigenvalue weighted by Gasteiger charge is -2.31. The van der Waals surface area contributed by atoms with E-state index in [1.54, 1.807) is 25.3 Å². The summed E-state index contributed by atoms with van der Waals surface area (Å²) < 4.78 is 17.6. The van der Waals surface area contributed by atoms with Crippen LogP contribution in [-0.4, -0.2) is 40.4 Å². The predicted molar refractivity (Wildman–Crippen MR) is 183 cm³/mol. The van der Waals surface area contributed by atoms with Gasteiger partial charge in [-0.05, 0) is 89.8 Å². The number of methoxy groups -OCH3 is 2. The molecule has 0 radical (unpaired) electrons. The van der Waals surface area contributed by atoms with Crippen LogP contribution in [0.4, 0.5) is 0 Å². The van der Waals surface area contributed by atoms with Gasteiger partial charge in [-0.15, -0.1) is 0 Å². The van der Waals surface area contributed by atoms with Gasteiger partial charge in [-0.1, -0.05) is 48.6 Å². The highest BCUT2D eigenvalue weighted by atomic mass is 16.5. The van der Waals surface area contributed by atoms with Gasteiger partial charge in [-0.2, -0.15) is 0 Å². The number of fused-ring (bicyclic) bond motifs is 7. The van der Waals surface area contributed by atoms with E-state index in [0.717, 1.165) is 47.1 Å². The molecule has 0 saturated heterocycles. The highest BCUT2D eigenvalue weighted by Crippen LogP contribution is 2.56. The molecule has 0 aromatic heterocycles. The molecule has 244 valence electrons. The summed E-state index contributed by atoms with van der Waals surface area (Å²) in [5, 5.41) is 45.1. The SMILES string of the molecule is COc1cc(O)c2cc1CC/C=C\C=C\CC1=C(O)C(=O)C=C(O2)[C@H]1C1=Cc2cc(OC)c(O)c3c2[C@@H]1/C=C\CCc1ccc(O)c-3c1. The average molecular weight is 645 g/mol. The number of ether oxygens (including phenoxy) is 3. The van der Waals surface area contributed by atoms with Crippen molar-refractivity contribution in [1.29, 1.82) is 0 Å². The summed E-state index contributed by atoms with van der Waals surface area (Å²) in [6, 6.07) is 10.4. The number of ketones is 1. The standard InChI is InChI=1S/C40H36O8/c1-46-32-20-30(42)33-18-23(32)11-6-4-3-5-7-13-26-37(34(48-33)21-31(43)39(26)44)27-17-24-19-35(47-2)40(45)38-28-16-22(14-15-29(28)41)10-8-9-12-25(27)36(24)38/h3-5,7,9,12,14-21,25,37,41-42,44-45H,6,8,10-11,13H2,1-2H3/b4-3-,7-5+,12-9-/t25-,37-/m1/s1. The van der Waals surface area contributed by atoms with Crippen LogP contribution >= 0.6 is 0 Å². The van der Waals surface area contributed by atoms with Crippen LogP contribution in [0.3, 0.4) is 0 Å². The molecule has 0 fully saturated rings. The van der Waals surface area contributed by atoms with Gasteiger partial charge in [0, 0.05) is 29.2 Å². The molecule has 3 aliphatic carbocycles. The summed E-state index contributed by atoms with van der Waals surface area (Å²) in [5.41, 5.74) is 5.52. The third-order valence-electron chi connectivity index (χ3n) is 9.48. The first kappa shape index (κ1) is 31.0. The van der Waals surface area contributed by atoms with Crippen molar-refractivity contribution in [2.75, 3.05) is 14.2 Å². The van der Waals surface area contributed by atoms with E-state index in [1.165, 1.54) is 19.3 Å². The molecule has 8 nitrogen and oxygen atoms in total. The smallest absolute Gasteiger partial charge is 0.223 e. The minimum absolute atomic E-state index is 0.0251. The van der Waals surface area contributed by atoms with Crippen molar-refractivity contribution in [3.05, 3.63) is 124 Å². The van der Waals surface area contributed by atoms with E-state index in [9.17, 15) is 25.2 Å². The zero-order chi connectivity index (χ0) is 33.5. The maximum absolute atomic E-state index is 13.3. The molecule has 3 aromatic carbocycles. The van der Waals surface area contributed by atoms with Gasteiger partial charge in [0.1, 0.15) is 17.3 Å². The largest absolute Gasteiger partial charge is 0.507 e. The van der Waals surface area contributed by atoms with Crippen LogP contribution in [0.15, 0.2) is 102 Å². The predicted octanol–water partition coefficient (Wildman–Crippen LogP) is 7.89. The summed E-state index contributed by atoms with van der Waals surface area (Å²) in [7, 11) is 3.02. The maximum atomic E-state index is 13.3. The Balaban J connectivity index is 1.45. The fourth-order valence-corrected chi connectivity index (χ4v) is 7.18. The Hall–Kier alpha value is -5.63. The third-order valence-corrected chi connectivity index (χ3v) is 9.48. The lowest BCUT2D eigenvalue weighted by molar-refractivity contribution is -0.114. The van der Waals surface area contributed by atoms with Gasteiger partial charge in [0.25, 0.3) is 0 Å². The topological polar surface area (TPSA) is 126 Å². The lowest BCUT2D eigenvalue weighted by Crippen LogP contribution is -2.25. The molecule has 0 amide bonds. The number of phenolic OH excluding ortho intramolecular Hbond substituents is 3. The number of phenols is 3. The number of hydrogen-bond donors (Lipinski definition) is 4. The second-order valence-corrected chi connectivity index (χ2v) is 12.3. The number of benzene rings is 3. The molecule has 8 heteroatoms. The van der Waals surface area contributed by atoms with Crippen LogP contribution in [0.2, 0.25) is 0 Å². The molecule has 1 heterocycles. The Morgan fingerprint density at radius 1 is 0.833 bits per heavy atom. The van der Waals surface area contributed by atoms with E-state index in [2.05, 4.69) is 12.2 Å². The van der Waals surface area contributed by atoms with E-state index in [0.29, 0.717) is 28.9 Å². The van der Waals surface area contributed by atoms with Crippen molar-refractivity contribution in [1.82, 2.24) is 0 Å². The van der Waals surface area contributed by atoms with Gasteiger partial charge in [0.15, 0.2) is 28.8 Å². The first-order chi connectivity index (χ1) is 23.3. The third kappa shape index (κ3) is 5.33. The minimum Gasteiger partial charge on any atom is -0.507 e. The van der Waals surface area contributed by atoms with Gasteiger partial charge >= 0.3 is 0 Å². The Labute approximate surface area is 278 Å². The number of aromatic hydroxyl groups is 3. The zero-order valence-electron chi connectivity index (χ0n) is 26.7. The number of carbonyl (C=O) groups excluding carboxylic acids is 1. The average Bonchev–Trinajstić information content (AvgIpc) is 3.43. The molecule has 2 atom stereocenters. The number of hydrogen-bond acceptors (Lipinski definition) is 8. The van der Waals surface area contributed by atoms with Crippen LogP contribution in [0.25, 0.3) is 17.2 Å². The molecule has 0 spiro atoms. The number of allylic oxidation sites excluding steroid dienone is 8. The number of carbonyl (C=O) groups is 1. The first-order valence-electron chi connectivity index (χ1n) is 16.0. The van der Waals surface area contributed by atoms with Gasteiger partial charge < -0.3 is 34.6 Å². The molecule has 7 rings (SSSR count). The van der Waals surface area contributed by atoms with Crippen molar-refractivity contribution in [3.63, 3.8) is 0 Å². The van der Waals surface area contributed by atoms with E-state index >= 15 is 0 Å². The lowest BCUT2D eigenvalue weighted by atomic mass is 9.76. The molecular formula is C40H36O8. The summed E-state index contributed by atoms with van der Waals surface area (Å²) >= 11 is 0. The van der Waals surface area contributed by atoms with E-state index in [-0.39, 0.29) is 46.7 Å². The van der Waals surface area contributed by atoms with Crippen molar-refractivity contribution in [2.45, 2.75) is 38.0 Å². The molecule has 4 aliphatic rings. The second-order valence-electron chi connectivity index (χ2n) is 12.3. The van der Waals surface area contributed by atoms with Gasteiger partial charge in [-0.3, -0.25) is 4.79 Å². The summed E-state index contributed by atoms with van der Waals surface area (Å²) in [6.45, 7) is 0. The summed E-state index contributed by atoms with van der Waals surface area (Å²) in [4.78, 5) is 13.3. The van der Waals surface area contributed by atoms with Gasteiger partial charge in [0.05, 0.1) is 20.1 Å². The molecule has 48 heavy (non-hydrogen) atoms. The summed E-state index contributed by atoms with van der Waals surface area (Å²) in [6.07, 6.45) is 18.2. The minimum atomic E-state index is -0.727. The normalized spacial score (nSPS) is 21.9. The van der Waals surface area contributed by atoms with Crippen LogP contribution in [-0.2, 0) is 17.6 Å². The number of aryl methyl sites for hydroxylation is 2. The fourth-order valence-electron chi connectivity index (χ4n) is 7.18. The Morgan fingerprint density at radius 3 is 2.44 bits per heavy atom. The molecule has 3 aromatic rings. The van der Waals surface area contributed by atoms with E-state index in [4.69, 9.17) is 14.2 Å². The Kier molecular flexibility index (Phi) is 8.09. The maximum Gasteiger partial charge on any atom is 0.223 e. The second kappa shape index (κ2) is 12.5. The van der Waals surface area contributed by atoms with Gasteiger partial charge in [0.2, 0.25) is 5.78 Å². The number of aliphatic hydroxyl groups excluding tert-OH is 1. The van der Waals surface area contributed by atoms with Crippen molar-refractivity contribution >= 4 is 11.9 Å². The first-order valence-corrected chi connectivity index (χ1v) is 16.0. The van der Waals surface area contributed by atoms with Crippen molar-refractivity contribution in [2.24, 2.45) is 5.92 Å². The quantitative estimate of drug-likeness (QED) is 0.212. The number of rotatable bonds is 3. The highest BCUT2D eigenvalue weighted by Gasteiger charge is 2.41.